The summed E-state index contributed by atoms with van der Waals surface area (Å²) in [5, 5.41) is 8.45. The zero-order chi connectivity index (χ0) is 21.6. The molecule has 4 heterocycles. The molecule has 1 N–H and O–H groups in total. The molecule has 0 radical (unpaired) electrons. The van der Waals surface area contributed by atoms with Crippen LogP contribution in [0.3, 0.4) is 0 Å². The second-order valence-electron chi connectivity index (χ2n) is 7.63. The fourth-order valence-corrected chi connectivity index (χ4v) is 3.96. The molecule has 3 aromatic rings. The minimum atomic E-state index is 0.0725. The van der Waals surface area contributed by atoms with Crippen LogP contribution in [0.2, 0.25) is 0 Å². The van der Waals surface area contributed by atoms with Crippen molar-refractivity contribution < 1.29 is 4.79 Å². The van der Waals surface area contributed by atoms with Crippen molar-refractivity contribution >= 4 is 28.7 Å². The molecule has 1 saturated heterocycles. The van der Waals surface area contributed by atoms with Crippen molar-refractivity contribution in [1.82, 2.24) is 35.0 Å². The standard InChI is InChI=1S/C21H29N9O/c1-3-16(4-2)20(31)22-8-9-30-19-17(14-27-30)18(25-15-26-19)28-10-12-29(13-11-28)21-23-6-5-7-24-21/h5-7,14-16H,3-4,8-13H2,1-2H3,(H,22,31). The highest BCUT2D eigenvalue weighted by Gasteiger charge is 2.22. The van der Waals surface area contributed by atoms with Crippen molar-refractivity contribution in [3.8, 4) is 0 Å². The number of piperazine rings is 1. The molecular formula is C21H29N9O. The number of carbonyl (C=O) groups is 1. The van der Waals surface area contributed by atoms with Crippen molar-refractivity contribution in [3.63, 3.8) is 0 Å². The average Bonchev–Trinajstić information content (AvgIpc) is 3.24. The highest BCUT2D eigenvalue weighted by molar-refractivity contribution is 5.86. The Hall–Kier alpha value is -3.30. The lowest BCUT2D eigenvalue weighted by Crippen LogP contribution is -2.47. The predicted molar refractivity (Wildman–Crippen MR) is 119 cm³/mol. The first-order valence-electron chi connectivity index (χ1n) is 10.9. The summed E-state index contributed by atoms with van der Waals surface area (Å²) in [7, 11) is 0. The van der Waals surface area contributed by atoms with E-state index >= 15 is 0 Å². The number of fused-ring (bicyclic) bond motifs is 1. The molecule has 0 atom stereocenters. The molecule has 0 aliphatic carbocycles. The number of nitrogens with one attached hydrogen (secondary N) is 1. The van der Waals surface area contributed by atoms with Gasteiger partial charge in [-0.3, -0.25) is 4.79 Å². The van der Waals surface area contributed by atoms with Crippen LogP contribution in [0.4, 0.5) is 11.8 Å². The Bertz CT molecular complexity index is 995. The van der Waals surface area contributed by atoms with Crippen molar-refractivity contribution in [2.45, 2.75) is 33.2 Å². The summed E-state index contributed by atoms with van der Waals surface area (Å²) < 4.78 is 1.84. The third kappa shape index (κ3) is 4.57. The van der Waals surface area contributed by atoms with Crippen molar-refractivity contribution in [1.29, 1.82) is 0 Å². The number of rotatable bonds is 8. The fourth-order valence-electron chi connectivity index (χ4n) is 3.96. The topological polar surface area (TPSA) is 105 Å². The van der Waals surface area contributed by atoms with Gasteiger partial charge < -0.3 is 15.1 Å². The molecule has 10 nitrogen and oxygen atoms in total. The number of amides is 1. The van der Waals surface area contributed by atoms with E-state index in [4.69, 9.17) is 0 Å². The van der Waals surface area contributed by atoms with Crippen LogP contribution in [-0.2, 0) is 11.3 Å². The molecule has 1 aliphatic heterocycles. The van der Waals surface area contributed by atoms with Crippen molar-refractivity contribution in [2.75, 3.05) is 42.5 Å². The first kappa shape index (κ1) is 21.0. The van der Waals surface area contributed by atoms with Gasteiger partial charge in [-0.25, -0.2) is 24.6 Å². The van der Waals surface area contributed by atoms with Gasteiger partial charge in [-0.1, -0.05) is 13.8 Å². The highest BCUT2D eigenvalue weighted by atomic mass is 16.1. The number of nitrogens with zero attached hydrogens (tertiary/aromatic N) is 8. The zero-order valence-electron chi connectivity index (χ0n) is 18.1. The molecule has 4 rings (SSSR count). The van der Waals surface area contributed by atoms with E-state index in [1.807, 2.05) is 30.8 Å². The normalized spacial score (nSPS) is 14.4. The second-order valence-corrected chi connectivity index (χ2v) is 7.63. The smallest absolute Gasteiger partial charge is 0.225 e. The SMILES string of the molecule is CCC(CC)C(=O)NCCn1ncc2c(N3CCN(c4ncccn4)CC3)ncnc21. The summed E-state index contributed by atoms with van der Waals surface area (Å²) in [4.78, 5) is 34.3. The van der Waals surface area contributed by atoms with E-state index in [0.717, 1.165) is 61.8 Å². The second kappa shape index (κ2) is 9.67. The Kier molecular flexibility index (Phi) is 6.54. The average molecular weight is 424 g/mol. The van der Waals surface area contributed by atoms with Gasteiger partial charge in [0.05, 0.1) is 18.1 Å². The molecule has 0 saturated carbocycles. The minimum absolute atomic E-state index is 0.0725. The van der Waals surface area contributed by atoms with E-state index < -0.39 is 0 Å². The summed E-state index contributed by atoms with van der Waals surface area (Å²) in [6, 6.07) is 1.83. The van der Waals surface area contributed by atoms with Gasteiger partial charge in [0.2, 0.25) is 11.9 Å². The van der Waals surface area contributed by atoms with Gasteiger partial charge in [0, 0.05) is 51.0 Å². The van der Waals surface area contributed by atoms with E-state index in [9.17, 15) is 4.79 Å². The van der Waals surface area contributed by atoms with E-state index in [0.29, 0.717) is 13.1 Å². The Labute approximate surface area is 181 Å². The molecule has 0 spiro atoms. The molecule has 0 bridgehead atoms. The van der Waals surface area contributed by atoms with Crippen LogP contribution in [0.1, 0.15) is 26.7 Å². The van der Waals surface area contributed by atoms with Crippen LogP contribution >= 0.6 is 0 Å². The van der Waals surface area contributed by atoms with Gasteiger partial charge in [-0.05, 0) is 18.9 Å². The van der Waals surface area contributed by atoms with Gasteiger partial charge in [0.1, 0.15) is 12.1 Å². The van der Waals surface area contributed by atoms with Crippen LogP contribution in [-0.4, -0.2) is 68.3 Å². The molecule has 1 amide bonds. The Morgan fingerprint density at radius 2 is 1.74 bits per heavy atom. The van der Waals surface area contributed by atoms with E-state index in [1.54, 1.807) is 18.7 Å². The first-order chi connectivity index (χ1) is 15.2. The van der Waals surface area contributed by atoms with Gasteiger partial charge >= 0.3 is 0 Å². The Morgan fingerprint density at radius 3 is 2.45 bits per heavy atom. The first-order valence-corrected chi connectivity index (χ1v) is 10.9. The molecule has 0 aromatic carbocycles. The number of aromatic nitrogens is 6. The zero-order valence-corrected chi connectivity index (χ0v) is 18.1. The van der Waals surface area contributed by atoms with Crippen LogP contribution in [0, 0.1) is 5.92 Å². The number of hydrogen-bond donors (Lipinski definition) is 1. The summed E-state index contributed by atoms with van der Waals surface area (Å²) in [6.07, 6.45) is 8.65. The molecule has 10 heteroatoms. The molecule has 0 unspecified atom stereocenters. The monoisotopic (exact) mass is 423 g/mol. The maximum absolute atomic E-state index is 12.2. The van der Waals surface area contributed by atoms with Gasteiger partial charge in [-0.2, -0.15) is 5.10 Å². The van der Waals surface area contributed by atoms with Crippen molar-refractivity contribution in [2.24, 2.45) is 5.92 Å². The quantitative estimate of drug-likeness (QED) is 0.581. The van der Waals surface area contributed by atoms with Gasteiger partial charge in [0.15, 0.2) is 5.65 Å². The maximum Gasteiger partial charge on any atom is 0.225 e. The number of hydrogen-bond acceptors (Lipinski definition) is 8. The third-order valence-electron chi connectivity index (χ3n) is 5.81. The van der Waals surface area contributed by atoms with Gasteiger partial charge in [0.25, 0.3) is 0 Å². The summed E-state index contributed by atoms with van der Waals surface area (Å²) in [6.45, 7) is 8.48. The molecule has 31 heavy (non-hydrogen) atoms. The van der Waals surface area contributed by atoms with Crippen molar-refractivity contribution in [3.05, 3.63) is 31.0 Å². The summed E-state index contributed by atoms with van der Waals surface area (Å²) >= 11 is 0. The fraction of sp³-hybridized carbons (Fsp3) is 0.524. The maximum atomic E-state index is 12.2. The summed E-state index contributed by atoms with van der Waals surface area (Å²) in [5.74, 6) is 1.84. The number of anilines is 2. The lowest BCUT2D eigenvalue weighted by Gasteiger charge is -2.35. The molecule has 164 valence electrons. The van der Waals surface area contributed by atoms with Gasteiger partial charge in [-0.15, -0.1) is 0 Å². The lowest BCUT2D eigenvalue weighted by molar-refractivity contribution is -0.125. The Morgan fingerprint density at radius 1 is 1.03 bits per heavy atom. The number of carbonyl (C=O) groups excluding carboxylic acids is 1. The van der Waals surface area contributed by atoms with E-state index in [1.165, 1.54) is 0 Å². The van der Waals surface area contributed by atoms with Crippen LogP contribution in [0.25, 0.3) is 11.0 Å². The predicted octanol–water partition coefficient (Wildman–Crippen LogP) is 1.50. The third-order valence-corrected chi connectivity index (χ3v) is 5.81. The highest BCUT2D eigenvalue weighted by Crippen LogP contribution is 2.24. The van der Waals surface area contributed by atoms with Crippen LogP contribution in [0.5, 0.6) is 0 Å². The molecule has 1 aliphatic rings. The lowest BCUT2D eigenvalue weighted by atomic mass is 10.0. The van der Waals surface area contributed by atoms with Crippen LogP contribution in [0.15, 0.2) is 31.0 Å². The molecule has 3 aromatic heterocycles. The largest absolute Gasteiger partial charge is 0.354 e. The Balaban J connectivity index is 1.40. The van der Waals surface area contributed by atoms with E-state index in [-0.39, 0.29) is 11.8 Å². The minimum Gasteiger partial charge on any atom is -0.354 e. The van der Waals surface area contributed by atoms with E-state index in [2.05, 4.69) is 40.2 Å². The van der Waals surface area contributed by atoms with Crippen LogP contribution < -0.4 is 15.1 Å². The summed E-state index contributed by atoms with van der Waals surface area (Å²) in [5.41, 5.74) is 0.788. The molecule has 1 fully saturated rings. The molecular weight excluding hydrogens is 394 g/mol.